The molecule has 0 aromatic heterocycles. The molecule has 0 aromatic rings. The van der Waals surface area contributed by atoms with E-state index in [1.165, 1.54) is 45.1 Å². The minimum absolute atomic E-state index is 0.735. The van der Waals surface area contributed by atoms with Crippen molar-refractivity contribution in [2.75, 3.05) is 13.6 Å². The van der Waals surface area contributed by atoms with Crippen LogP contribution in [0.1, 0.15) is 52.4 Å². The van der Waals surface area contributed by atoms with Gasteiger partial charge in [-0.3, -0.25) is 0 Å². The summed E-state index contributed by atoms with van der Waals surface area (Å²) in [7, 11) is 2.07. The quantitative estimate of drug-likeness (QED) is 0.667. The second-order valence-electron chi connectivity index (χ2n) is 4.79. The molecule has 0 bridgehead atoms. The second-order valence-corrected chi connectivity index (χ2v) is 4.79. The molecule has 1 rings (SSSR count). The molecule has 0 aliphatic heterocycles. The van der Waals surface area contributed by atoms with Gasteiger partial charge >= 0.3 is 0 Å². The summed E-state index contributed by atoms with van der Waals surface area (Å²) in [6.45, 7) is 5.86. The number of hydrogen-bond acceptors (Lipinski definition) is 1. The van der Waals surface area contributed by atoms with Crippen molar-refractivity contribution in [1.82, 2.24) is 5.32 Å². The van der Waals surface area contributed by atoms with E-state index in [0.29, 0.717) is 0 Å². The van der Waals surface area contributed by atoms with Crippen molar-refractivity contribution < 1.29 is 0 Å². The third-order valence-electron chi connectivity index (χ3n) is 3.71. The van der Waals surface area contributed by atoms with E-state index in [4.69, 9.17) is 0 Å². The van der Waals surface area contributed by atoms with Crippen LogP contribution in [0.2, 0.25) is 0 Å². The van der Waals surface area contributed by atoms with E-state index >= 15 is 0 Å². The molecule has 78 valence electrons. The Bertz CT molecular complexity index is 131. The summed E-state index contributed by atoms with van der Waals surface area (Å²) in [5.41, 5.74) is 0.735. The Balaban J connectivity index is 2.30. The molecule has 1 heteroatoms. The summed E-state index contributed by atoms with van der Waals surface area (Å²) in [5.74, 6) is 1.04. The van der Waals surface area contributed by atoms with Crippen molar-refractivity contribution in [3.63, 3.8) is 0 Å². The Kier molecular flexibility index (Phi) is 4.24. The van der Waals surface area contributed by atoms with Gasteiger partial charge in [-0.05, 0) is 50.6 Å². The van der Waals surface area contributed by atoms with Crippen LogP contribution in [0.15, 0.2) is 0 Å². The molecule has 1 nitrogen and oxygen atoms in total. The van der Waals surface area contributed by atoms with Crippen LogP contribution in [0.5, 0.6) is 0 Å². The van der Waals surface area contributed by atoms with Crippen molar-refractivity contribution in [2.24, 2.45) is 11.3 Å². The number of rotatable bonds is 6. The maximum absolute atomic E-state index is 3.28. The highest BCUT2D eigenvalue weighted by atomic mass is 14.8. The van der Waals surface area contributed by atoms with Crippen molar-refractivity contribution in [3.05, 3.63) is 0 Å². The first kappa shape index (κ1) is 11.0. The van der Waals surface area contributed by atoms with Gasteiger partial charge in [0.25, 0.3) is 0 Å². The predicted molar refractivity (Wildman–Crippen MR) is 58.9 cm³/mol. The minimum Gasteiger partial charge on any atom is -0.320 e. The predicted octanol–water partition coefficient (Wildman–Crippen LogP) is 3.20. The van der Waals surface area contributed by atoms with Crippen molar-refractivity contribution in [3.8, 4) is 0 Å². The molecule has 0 aromatic carbocycles. The van der Waals surface area contributed by atoms with Gasteiger partial charge in [0.05, 0.1) is 0 Å². The largest absolute Gasteiger partial charge is 0.320 e. The summed E-state index contributed by atoms with van der Waals surface area (Å²) < 4.78 is 0. The molecule has 1 aliphatic rings. The molecule has 13 heavy (non-hydrogen) atoms. The van der Waals surface area contributed by atoms with E-state index in [1.807, 2.05) is 0 Å². The molecule has 0 heterocycles. The van der Waals surface area contributed by atoms with Crippen LogP contribution in [0, 0.1) is 11.3 Å². The van der Waals surface area contributed by atoms with Crippen molar-refractivity contribution in [2.45, 2.75) is 52.4 Å². The smallest absolute Gasteiger partial charge is 0.00466 e. The van der Waals surface area contributed by atoms with Crippen LogP contribution < -0.4 is 5.32 Å². The lowest BCUT2D eigenvalue weighted by Crippen LogP contribution is -2.38. The van der Waals surface area contributed by atoms with Gasteiger partial charge in [-0.1, -0.05) is 26.7 Å². The average molecular weight is 183 g/mol. The minimum atomic E-state index is 0.735. The molecule has 0 spiro atoms. The van der Waals surface area contributed by atoms with E-state index in [0.717, 1.165) is 11.3 Å². The highest BCUT2D eigenvalue weighted by Crippen LogP contribution is 2.52. The van der Waals surface area contributed by atoms with E-state index in [2.05, 4.69) is 26.2 Å². The van der Waals surface area contributed by atoms with Crippen molar-refractivity contribution in [1.29, 1.82) is 0 Å². The fraction of sp³-hybridized carbons (Fsp3) is 1.00. The monoisotopic (exact) mass is 183 g/mol. The summed E-state index contributed by atoms with van der Waals surface area (Å²) >= 11 is 0. The number of hydrogen-bond donors (Lipinski definition) is 1. The molecule has 1 saturated carbocycles. The summed E-state index contributed by atoms with van der Waals surface area (Å²) in [6, 6.07) is 0. The maximum Gasteiger partial charge on any atom is -0.00466 e. The summed E-state index contributed by atoms with van der Waals surface area (Å²) in [5, 5.41) is 3.28. The van der Waals surface area contributed by atoms with Crippen LogP contribution in [-0.4, -0.2) is 13.6 Å². The fourth-order valence-corrected chi connectivity index (χ4v) is 2.91. The van der Waals surface area contributed by atoms with E-state index < -0.39 is 0 Å². The van der Waals surface area contributed by atoms with E-state index in [1.54, 1.807) is 0 Å². The highest BCUT2D eigenvalue weighted by molar-refractivity contribution is 4.92. The first-order valence-corrected chi connectivity index (χ1v) is 5.91. The lowest BCUT2D eigenvalue weighted by molar-refractivity contribution is 0.0332. The van der Waals surface area contributed by atoms with Gasteiger partial charge in [-0.15, -0.1) is 0 Å². The lowest BCUT2D eigenvalue weighted by atomic mass is 9.57. The van der Waals surface area contributed by atoms with E-state index in [-0.39, 0.29) is 0 Å². The first-order chi connectivity index (χ1) is 6.26. The second kappa shape index (κ2) is 4.99. The van der Waals surface area contributed by atoms with Gasteiger partial charge in [0.15, 0.2) is 0 Å². The Morgan fingerprint density at radius 2 is 1.92 bits per heavy atom. The SMILES string of the molecule is CCCC1(CCNC)CC(CC)C1. The third kappa shape index (κ3) is 2.70. The van der Waals surface area contributed by atoms with Crippen LogP contribution in [0.4, 0.5) is 0 Å². The van der Waals surface area contributed by atoms with Crippen molar-refractivity contribution >= 4 is 0 Å². The molecule has 1 fully saturated rings. The molecule has 0 radical (unpaired) electrons. The zero-order valence-corrected chi connectivity index (χ0v) is 9.53. The van der Waals surface area contributed by atoms with Gasteiger partial charge in [-0.25, -0.2) is 0 Å². The Labute approximate surface area is 83.3 Å². The molecule has 0 atom stereocenters. The van der Waals surface area contributed by atoms with Gasteiger partial charge in [0, 0.05) is 0 Å². The molecule has 1 aliphatic carbocycles. The van der Waals surface area contributed by atoms with Crippen LogP contribution in [-0.2, 0) is 0 Å². The molecule has 0 amide bonds. The van der Waals surface area contributed by atoms with Gasteiger partial charge in [0.1, 0.15) is 0 Å². The summed E-state index contributed by atoms with van der Waals surface area (Å²) in [4.78, 5) is 0. The summed E-state index contributed by atoms with van der Waals surface area (Å²) in [6.07, 6.45) is 8.60. The topological polar surface area (TPSA) is 12.0 Å². The first-order valence-electron chi connectivity index (χ1n) is 5.91. The lowest BCUT2D eigenvalue weighted by Gasteiger charge is -2.48. The zero-order valence-electron chi connectivity index (χ0n) is 9.53. The normalized spacial score (nSPS) is 33.0. The third-order valence-corrected chi connectivity index (χ3v) is 3.71. The Morgan fingerprint density at radius 3 is 2.38 bits per heavy atom. The average Bonchev–Trinajstić information content (AvgIpc) is 2.08. The number of nitrogens with one attached hydrogen (secondary N) is 1. The molecule has 0 unspecified atom stereocenters. The van der Waals surface area contributed by atoms with E-state index in [9.17, 15) is 0 Å². The van der Waals surface area contributed by atoms with Gasteiger partial charge in [0.2, 0.25) is 0 Å². The zero-order chi connectivity index (χ0) is 9.73. The molecular weight excluding hydrogens is 158 g/mol. The molecule has 1 N–H and O–H groups in total. The Morgan fingerprint density at radius 1 is 1.23 bits per heavy atom. The van der Waals surface area contributed by atoms with Gasteiger partial charge < -0.3 is 5.32 Å². The molecule has 0 saturated heterocycles. The van der Waals surface area contributed by atoms with Crippen LogP contribution in [0.25, 0.3) is 0 Å². The van der Waals surface area contributed by atoms with Crippen LogP contribution in [0.3, 0.4) is 0 Å². The maximum atomic E-state index is 3.28. The molecular formula is C12H25N. The standard InChI is InChI=1S/C12H25N/c1-4-6-12(7-8-13-3)9-11(5-2)10-12/h11,13H,4-10H2,1-3H3. The fourth-order valence-electron chi connectivity index (χ4n) is 2.91. The van der Waals surface area contributed by atoms with Gasteiger partial charge in [-0.2, -0.15) is 0 Å². The Hall–Kier alpha value is -0.0400. The van der Waals surface area contributed by atoms with Crippen LogP contribution >= 0.6 is 0 Å². The highest BCUT2D eigenvalue weighted by Gasteiger charge is 2.41.